The van der Waals surface area contributed by atoms with Crippen LogP contribution in [0, 0.1) is 10.1 Å². The van der Waals surface area contributed by atoms with Crippen LogP contribution in [-0.2, 0) is 0 Å². The number of furan rings is 1. The van der Waals surface area contributed by atoms with Crippen molar-refractivity contribution in [3.63, 3.8) is 0 Å². The Bertz CT molecular complexity index is 128. The fraction of sp³-hybridized carbons (Fsp3) is 0. The van der Waals surface area contributed by atoms with Crippen molar-refractivity contribution >= 4 is 0 Å². The third-order valence-electron chi connectivity index (χ3n) is 0.425. The van der Waals surface area contributed by atoms with Crippen LogP contribution < -0.4 is 5.84 Å². The number of hydrazine groups is 1. The number of hydrogen-bond donors (Lipinski definition) is 1. The van der Waals surface area contributed by atoms with E-state index in [1.54, 1.807) is 12.5 Å². The highest BCUT2D eigenvalue weighted by atomic mass is 16.7. The monoisotopic (exact) mass is 130 g/mol. The highest BCUT2D eigenvalue weighted by Gasteiger charge is 1.59. The minimum Gasteiger partial charge on any atom is -0.473 e. The van der Waals surface area contributed by atoms with E-state index in [1.165, 1.54) is 0 Å². The molecular weight excluding hydrogens is 124 g/mol. The molecule has 1 rings (SSSR count). The number of nitrogens with two attached hydrogens (primary N) is 1. The SMILES string of the molecule is N[N+](=O)[O-].c1ccoc1. The van der Waals surface area contributed by atoms with Gasteiger partial charge in [0.15, 0.2) is 5.03 Å². The first-order valence-corrected chi connectivity index (χ1v) is 2.09. The first-order valence-electron chi connectivity index (χ1n) is 2.09. The van der Waals surface area contributed by atoms with Crippen LogP contribution in [0.1, 0.15) is 0 Å². The predicted molar refractivity (Wildman–Crippen MR) is 29.9 cm³/mol. The summed E-state index contributed by atoms with van der Waals surface area (Å²) in [4.78, 5) is 8.58. The number of hydrogen-bond acceptors (Lipinski definition) is 3. The second kappa shape index (κ2) is 4.63. The normalized spacial score (nSPS) is 7.11. The van der Waals surface area contributed by atoms with Crippen LogP contribution >= 0.6 is 0 Å². The molecule has 0 atom stereocenters. The van der Waals surface area contributed by atoms with Gasteiger partial charge in [0.1, 0.15) is 0 Å². The third-order valence-corrected chi connectivity index (χ3v) is 0.425. The molecule has 0 aliphatic heterocycles. The Morgan fingerprint density at radius 1 is 1.44 bits per heavy atom. The molecule has 0 radical (unpaired) electrons. The highest BCUT2D eigenvalue weighted by molar-refractivity contribution is 4.79. The zero-order valence-corrected chi connectivity index (χ0v) is 4.56. The van der Waals surface area contributed by atoms with Crippen LogP contribution in [0.3, 0.4) is 0 Å². The number of rotatable bonds is 0. The van der Waals surface area contributed by atoms with Crippen molar-refractivity contribution in [3.8, 4) is 0 Å². The minimum atomic E-state index is -1.00. The van der Waals surface area contributed by atoms with E-state index < -0.39 is 5.03 Å². The fourth-order valence-corrected chi connectivity index (χ4v) is 0.227. The van der Waals surface area contributed by atoms with Gasteiger partial charge in [-0.2, -0.15) is 5.84 Å². The molecule has 1 heterocycles. The van der Waals surface area contributed by atoms with E-state index in [-0.39, 0.29) is 0 Å². The maximum absolute atomic E-state index is 8.58. The van der Waals surface area contributed by atoms with Crippen molar-refractivity contribution in [3.05, 3.63) is 34.8 Å². The van der Waals surface area contributed by atoms with Crippen molar-refractivity contribution < 1.29 is 9.45 Å². The van der Waals surface area contributed by atoms with Crippen molar-refractivity contribution in [2.24, 2.45) is 5.84 Å². The maximum Gasteiger partial charge on any atom is 0.154 e. The minimum absolute atomic E-state index is 1.00. The zero-order valence-electron chi connectivity index (χ0n) is 4.56. The summed E-state index contributed by atoms with van der Waals surface area (Å²) >= 11 is 0. The molecule has 50 valence electrons. The van der Waals surface area contributed by atoms with Gasteiger partial charge in [-0.05, 0) is 12.1 Å². The Kier molecular flexibility index (Phi) is 3.85. The third kappa shape index (κ3) is 10.7. The van der Waals surface area contributed by atoms with E-state index in [0.29, 0.717) is 0 Å². The summed E-state index contributed by atoms with van der Waals surface area (Å²) in [5.74, 6) is 3.83. The van der Waals surface area contributed by atoms with Crippen LogP contribution in [0.15, 0.2) is 29.1 Å². The first-order chi connectivity index (χ1) is 4.23. The molecule has 5 nitrogen and oxygen atoms in total. The lowest BCUT2D eigenvalue weighted by molar-refractivity contribution is -0.491. The fourth-order valence-electron chi connectivity index (χ4n) is 0.227. The Balaban J connectivity index is 0.000000148. The van der Waals surface area contributed by atoms with Gasteiger partial charge >= 0.3 is 0 Å². The van der Waals surface area contributed by atoms with E-state index in [4.69, 9.17) is 10.1 Å². The molecule has 0 aliphatic carbocycles. The molecule has 0 aliphatic rings. The largest absolute Gasteiger partial charge is 0.473 e. The summed E-state index contributed by atoms with van der Waals surface area (Å²) in [5.41, 5.74) is 0. The van der Waals surface area contributed by atoms with E-state index in [1.807, 2.05) is 12.1 Å². The molecule has 0 saturated carbocycles. The van der Waals surface area contributed by atoms with E-state index in [9.17, 15) is 0 Å². The van der Waals surface area contributed by atoms with Crippen LogP contribution in [-0.4, -0.2) is 5.03 Å². The maximum atomic E-state index is 8.58. The summed E-state index contributed by atoms with van der Waals surface area (Å²) in [5, 5.41) is 7.58. The lowest BCUT2D eigenvalue weighted by atomic mass is 10.7. The summed E-state index contributed by atoms with van der Waals surface area (Å²) in [7, 11) is 0. The summed E-state index contributed by atoms with van der Waals surface area (Å²) < 4.78 is 4.58. The molecular formula is C4H6N2O3. The van der Waals surface area contributed by atoms with E-state index in [2.05, 4.69) is 10.3 Å². The van der Waals surface area contributed by atoms with Gasteiger partial charge in [-0.1, -0.05) is 0 Å². The summed E-state index contributed by atoms with van der Waals surface area (Å²) in [6.07, 6.45) is 3.25. The predicted octanol–water partition coefficient (Wildman–Crippen LogP) is 0.416. The van der Waals surface area contributed by atoms with Crippen molar-refractivity contribution in [1.29, 1.82) is 0 Å². The van der Waals surface area contributed by atoms with E-state index in [0.717, 1.165) is 0 Å². The van der Waals surface area contributed by atoms with Gasteiger partial charge in [-0.15, -0.1) is 0 Å². The molecule has 0 bridgehead atoms. The smallest absolute Gasteiger partial charge is 0.154 e. The Morgan fingerprint density at radius 2 is 1.78 bits per heavy atom. The molecule has 0 saturated heterocycles. The standard InChI is InChI=1S/C4H4O.H2N2O2/c1-2-4-5-3-1;1-2(3)4/h1-4H;1H2. The van der Waals surface area contributed by atoms with Gasteiger partial charge in [0.2, 0.25) is 0 Å². The van der Waals surface area contributed by atoms with Gasteiger partial charge in [-0.25, -0.2) is 10.1 Å². The van der Waals surface area contributed by atoms with E-state index >= 15 is 0 Å². The Hall–Kier alpha value is -1.52. The van der Waals surface area contributed by atoms with Gasteiger partial charge in [0.05, 0.1) is 12.5 Å². The molecule has 0 fully saturated rings. The number of nitrogens with zero attached hydrogens (tertiary/aromatic N) is 1. The van der Waals surface area contributed by atoms with Gasteiger partial charge in [0, 0.05) is 0 Å². The summed E-state index contributed by atoms with van der Waals surface area (Å²) in [6, 6.07) is 3.67. The van der Waals surface area contributed by atoms with Crippen LogP contribution in [0.5, 0.6) is 0 Å². The quantitative estimate of drug-likeness (QED) is 0.313. The van der Waals surface area contributed by atoms with Crippen LogP contribution in [0.4, 0.5) is 0 Å². The summed E-state index contributed by atoms with van der Waals surface area (Å²) in [6.45, 7) is 0. The average molecular weight is 130 g/mol. The molecule has 1 aromatic rings. The van der Waals surface area contributed by atoms with Crippen molar-refractivity contribution in [2.75, 3.05) is 0 Å². The highest BCUT2D eigenvalue weighted by Crippen LogP contribution is 1.79. The topological polar surface area (TPSA) is 82.3 Å². The molecule has 1 aromatic heterocycles. The van der Waals surface area contributed by atoms with Crippen LogP contribution in [0.2, 0.25) is 0 Å². The second-order valence-electron chi connectivity index (χ2n) is 1.08. The van der Waals surface area contributed by atoms with Crippen molar-refractivity contribution in [2.45, 2.75) is 0 Å². The molecule has 0 spiro atoms. The molecule has 0 amide bonds. The van der Waals surface area contributed by atoms with Crippen LogP contribution in [0.25, 0.3) is 0 Å². The molecule has 9 heavy (non-hydrogen) atoms. The van der Waals surface area contributed by atoms with Gasteiger partial charge < -0.3 is 4.42 Å². The van der Waals surface area contributed by atoms with Gasteiger partial charge in [-0.3, -0.25) is 0 Å². The lowest BCUT2D eigenvalue weighted by Crippen LogP contribution is -2.04. The molecule has 2 N–H and O–H groups in total. The van der Waals surface area contributed by atoms with Gasteiger partial charge in [0.25, 0.3) is 0 Å². The molecule has 0 aromatic carbocycles. The second-order valence-corrected chi connectivity index (χ2v) is 1.08. The first kappa shape index (κ1) is 7.48. The Labute approximate surface area is 51.2 Å². The number of nitro groups is 1. The molecule has 0 unspecified atom stereocenters. The average Bonchev–Trinajstić information content (AvgIpc) is 2.11. The Morgan fingerprint density at radius 3 is 1.89 bits per heavy atom. The lowest BCUT2D eigenvalue weighted by Gasteiger charge is -1.61. The van der Waals surface area contributed by atoms with Crippen molar-refractivity contribution in [1.82, 2.24) is 0 Å². The zero-order chi connectivity index (χ0) is 7.11. The molecule has 5 heteroatoms.